The van der Waals surface area contributed by atoms with Crippen LogP contribution in [0.4, 0.5) is 49.1 Å². The van der Waals surface area contributed by atoms with Crippen LogP contribution in [0.25, 0.3) is 21.8 Å². The van der Waals surface area contributed by atoms with Gasteiger partial charge in [0.2, 0.25) is 11.0 Å². The number of para-hydroxylation sites is 2. The predicted octanol–water partition coefficient (Wildman–Crippen LogP) is 8.78. The molecule has 2 heterocycles. The third kappa shape index (κ3) is 16.2. The number of nitrogens with zero attached hydrogens (tertiary/aromatic N) is 4. The number of benzene rings is 6. The van der Waals surface area contributed by atoms with Gasteiger partial charge in [-0.3, -0.25) is 29.8 Å². The molecule has 0 atom stereocenters. The highest BCUT2D eigenvalue weighted by Gasteiger charge is 2.37. The Balaban J connectivity index is 0.000000212. The van der Waals surface area contributed by atoms with Gasteiger partial charge in [-0.05, 0) is 72.8 Å². The van der Waals surface area contributed by atoms with Crippen molar-refractivity contribution in [3.05, 3.63) is 225 Å². The second-order valence-corrected chi connectivity index (χ2v) is 17.9. The number of nitro benzene ring substituents is 2. The third-order valence-electron chi connectivity index (χ3n) is 9.86. The molecule has 74 heavy (non-hydrogen) atoms. The van der Waals surface area contributed by atoms with Crippen LogP contribution in [0.3, 0.4) is 0 Å². The van der Waals surface area contributed by atoms with E-state index in [1.54, 1.807) is 48.5 Å². The summed E-state index contributed by atoms with van der Waals surface area (Å²) in [5.74, 6) is -0.356. The Morgan fingerprint density at radius 1 is 0.473 bits per heavy atom. The lowest BCUT2D eigenvalue weighted by Crippen LogP contribution is -2.35. The molecule has 2 N–H and O–H groups in total. The monoisotopic (exact) mass is 1070 g/mol. The van der Waals surface area contributed by atoms with E-state index in [0.717, 1.165) is 32.9 Å². The fraction of sp³-hybridized carbons (Fsp3) is 0.0833. The average molecular weight is 1070 g/mol. The number of hydrogen-bond acceptors (Lipinski definition) is 12. The van der Waals surface area contributed by atoms with Crippen LogP contribution in [0.15, 0.2) is 182 Å². The maximum absolute atomic E-state index is 12.5. The molecule has 2 aromatic heterocycles. The number of rotatable bonds is 10. The lowest BCUT2D eigenvalue weighted by atomic mass is 10.1. The molecule has 2 amide bonds. The molecule has 8 rings (SSSR count). The second-order valence-electron chi connectivity index (χ2n) is 15.1. The molecule has 0 fully saturated rings. The van der Waals surface area contributed by atoms with Crippen molar-refractivity contribution >= 4 is 76.6 Å². The van der Waals surface area contributed by atoms with Crippen LogP contribution >= 0.6 is 0 Å². The summed E-state index contributed by atoms with van der Waals surface area (Å²) in [5.41, 5.74) is -4.77. The molecule has 0 spiro atoms. The van der Waals surface area contributed by atoms with E-state index in [0.29, 0.717) is 35.6 Å². The smallest absolute Gasteiger partial charge is 0.485 e. The first kappa shape index (κ1) is 56.2. The molecular formula is C48H36F6N6O12S2. The SMILES string of the molecule is O=C(Nc1cc2ccccc2[n+](Cc2ccc([N+](=O)[O-])cc2)c1)c1ccccc1.O=C(Nc1cc2ccccc2[n+](Cc2ccc([N+](=O)[O-])cc2)c1)c1ccccc1.O=S(=O)([O-])C(F)(F)F.O=S(=O)([O-])C(F)(F)F. The van der Waals surface area contributed by atoms with E-state index < -0.39 is 41.1 Å². The first-order valence-electron chi connectivity index (χ1n) is 20.8. The van der Waals surface area contributed by atoms with Gasteiger partial charge in [0, 0.05) is 69.4 Å². The number of amides is 2. The van der Waals surface area contributed by atoms with E-state index in [9.17, 15) is 56.2 Å². The highest BCUT2D eigenvalue weighted by atomic mass is 32.2. The molecule has 0 aliphatic heterocycles. The van der Waals surface area contributed by atoms with Gasteiger partial charge in [0.1, 0.15) is 11.4 Å². The van der Waals surface area contributed by atoms with Crippen LogP contribution in [-0.2, 0) is 33.3 Å². The topological polar surface area (TPSA) is 267 Å². The number of pyridine rings is 2. The highest BCUT2D eigenvalue weighted by molar-refractivity contribution is 7.86. The van der Waals surface area contributed by atoms with Crippen molar-refractivity contribution in [2.75, 3.05) is 10.6 Å². The van der Waals surface area contributed by atoms with Crippen molar-refractivity contribution in [1.82, 2.24) is 0 Å². The van der Waals surface area contributed by atoms with Crippen molar-refractivity contribution in [2.45, 2.75) is 24.1 Å². The number of carbonyl (C=O) groups is 2. The summed E-state index contributed by atoms with van der Waals surface area (Å²) in [6.45, 7) is 1.04. The lowest BCUT2D eigenvalue weighted by Gasteiger charge is -2.08. The van der Waals surface area contributed by atoms with Crippen LogP contribution in [0.5, 0.6) is 0 Å². The molecule has 0 aliphatic carbocycles. The number of non-ortho nitro benzene ring substituents is 2. The van der Waals surface area contributed by atoms with Gasteiger partial charge in [0.15, 0.2) is 45.7 Å². The quantitative estimate of drug-likeness (QED) is 0.0325. The minimum absolute atomic E-state index is 0.0625. The number of anilines is 2. The minimum Gasteiger partial charge on any atom is -0.741 e. The first-order chi connectivity index (χ1) is 34.7. The maximum Gasteiger partial charge on any atom is 0.485 e. The second kappa shape index (κ2) is 24.1. The number of nitro groups is 2. The zero-order chi connectivity index (χ0) is 54.4. The van der Waals surface area contributed by atoms with E-state index >= 15 is 0 Å². The summed E-state index contributed by atoms with van der Waals surface area (Å²) in [6, 6.07) is 50.7. The Bertz CT molecular complexity index is 3290. The zero-order valence-corrected chi connectivity index (χ0v) is 39.1. The Morgan fingerprint density at radius 3 is 1.04 bits per heavy atom. The van der Waals surface area contributed by atoms with Gasteiger partial charge in [-0.2, -0.15) is 35.5 Å². The van der Waals surface area contributed by atoms with Crippen molar-refractivity contribution in [2.24, 2.45) is 0 Å². The number of fused-ring (bicyclic) bond motifs is 2. The summed E-state index contributed by atoms with van der Waals surface area (Å²) in [7, 11) is -12.2. The number of halogens is 6. The minimum atomic E-state index is -6.09. The average Bonchev–Trinajstić information content (AvgIpc) is 3.34. The Hall–Kier alpha value is -8.72. The van der Waals surface area contributed by atoms with E-state index in [1.807, 2.05) is 119 Å². The van der Waals surface area contributed by atoms with E-state index in [1.165, 1.54) is 24.3 Å². The van der Waals surface area contributed by atoms with Gasteiger partial charge in [0.05, 0.1) is 9.85 Å². The maximum atomic E-state index is 12.5. The number of hydrogen-bond donors (Lipinski definition) is 2. The molecule has 384 valence electrons. The van der Waals surface area contributed by atoms with E-state index in [4.69, 9.17) is 25.9 Å². The number of aromatic nitrogens is 2. The number of nitrogens with one attached hydrogen (secondary N) is 2. The van der Waals surface area contributed by atoms with Crippen molar-refractivity contribution in [3.63, 3.8) is 0 Å². The van der Waals surface area contributed by atoms with Crippen LogP contribution in [0, 0.1) is 20.2 Å². The Morgan fingerprint density at radius 2 is 0.757 bits per heavy atom. The summed E-state index contributed by atoms with van der Waals surface area (Å²) in [4.78, 5) is 46.0. The Labute approximate surface area is 415 Å². The van der Waals surface area contributed by atoms with Gasteiger partial charge in [-0.15, -0.1) is 0 Å². The van der Waals surface area contributed by atoms with E-state index in [-0.39, 0.29) is 23.2 Å². The molecule has 0 unspecified atom stereocenters. The fourth-order valence-corrected chi connectivity index (χ4v) is 6.45. The summed E-state index contributed by atoms with van der Waals surface area (Å²) in [5, 5.41) is 29.6. The molecule has 0 radical (unpaired) electrons. The standard InChI is InChI=1S/2C23H17N3O3.2CHF3O3S/c2*27-23(18-6-2-1-3-7-18)24-20-14-19-8-4-5-9-22(19)25(16-20)15-17-10-12-21(13-11-17)26(28)29;2*2-1(3,4)8(5,6)7/h2*1-14,16H,15H2;2*(H,5,6,7). The van der Waals surface area contributed by atoms with Gasteiger partial charge in [-0.1, -0.05) is 60.7 Å². The van der Waals surface area contributed by atoms with Crippen LogP contribution in [0.1, 0.15) is 31.8 Å². The van der Waals surface area contributed by atoms with E-state index in [2.05, 4.69) is 10.6 Å². The lowest BCUT2D eigenvalue weighted by molar-refractivity contribution is -0.661. The van der Waals surface area contributed by atoms with Crippen LogP contribution in [-0.4, -0.2) is 58.6 Å². The third-order valence-corrected chi connectivity index (χ3v) is 11.0. The summed E-state index contributed by atoms with van der Waals surface area (Å²) in [6.07, 6.45) is 3.76. The number of carbonyl (C=O) groups excluding carboxylic acids is 2. The van der Waals surface area contributed by atoms with Crippen LogP contribution in [0.2, 0.25) is 0 Å². The first-order valence-corrected chi connectivity index (χ1v) is 23.6. The highest BCUT2D eigenvalue weighted by Crippen LogP contribution is 2.23. The zero-order valence-electron chi connectivity index (χ0n) is 37.5. The van der Waals surface area contributed by atoms with Gasteiger partial charge in [0.25, 0.3) is 23.2 Å². The summed E-state index contributed by atoms with van der Waals surface area (Å²) >= 11 is 0. The van der Waals surface area contributed by atoms with Gasteiger partial charge < -0.3 is 19.7 Å². The largest absolute Gasteiger partial charge is 0.741 e. The summed E-state index contributed by atoms with van der Waals surface area (Å²) < 4.78 is 122. The molecule has 0 aliphatic rings. The molecular weight excluding hydrogens is 1030 g/mol. The molecule has 6 aromatic carbocycles. The number of alkyl halides is 6. The Kier molecular flexibility index (Phi) is 18.3. The molecule has 8 aromatic rings. The molecule has 0 bridgehead atoms. The van der Waals surface area contributed by atoms with Crippen molar-refractivity contribution < 1.29 is 80.9 Å². The van der Waals surface area contributed by atoms with Gasteiger partial charge in [-0.25, -0.2) is 16.8 Å². The molecule has 26 heteroatoms. The normalized spacial score (nSPS) is 11.4. The molecule has 0 saturated heterocycles. The predicted molar refractivity (Wildman–Crippen MR) is 253 cm³/mol. The molecule has 0 saturated carbocycles. The van der Waals surface area contributed by atoms with Crippen molar-refractivity contribution in [1.29, 1.82) is 0 Å². The molecule has 18 nitrogen and oxygen atoms in total. The fourth-order valence-electron chi connectivity index (χ4n) is 6.45. The van der Waals surface area contributed by atoms with Crippen molar-refractivity contribution in [3.8, 4) is 0 Å². The van der Waals surface area contributed by atoms with Gasteiger partial charge >= 0.3 is 11.0 Å². The van der Waals surface area contributed by atoms with Crippen LogP contribution < -0.4 is 19.8 Å².